The van der Waals surface area contributed by atoms with Gasteiger partial charge in [-0.3, -0.25) is 4.79 Å². The first kappa shape index (κ1) is 21.6. The number of hydrogen-bond acceptors (Lipinski definition) is 4. The first-order chi connectivity index (χ1) is 14.4. The van der Waals surface area contributed by atoms with Crippen LogP contribution in [0.1, 0.15) is 34.1 Å². The molecule has 1 aromatic heterocycles. The molecule has 1 atom stereocenters. The van der Waals surface area contributed by atoms with Crippen LogP contribution >= 0.6 is 11.6 Å². The number of hydrogen-bond donors (Lipinski definition) is 0. The molecule has 1 heterocycles. The number of amides is 1. The molecule has 0 bridgehead atoms. The van der Waals surface area contributed by atoms with Gasteiger partial charge in [-0.25, -0.2) is 9.48 Å². The van der Waals surface area contributed by atoms with Gasteiger partial charge in [-0.05, 0) is 25.0 Å². The number of aromatic nitrogens is 2. The smallest absolute Gasteiger partial charge is 0.343 e. The number of carbonyl (C=O) groups is 2. The van der Waals surface area contributed by atoms with Crippen molar-refractivity contribution in [2.75, 3.05) is 7.05 Å². The summed E-state index contributed by atoms with van der Waals surface area (Å²) in [6, 6.07) is 19.3. The second-order valence-electron chi connectivity index (χ2n) is 7.12. The molecule has 0 N–H and O–H groups in total. The minimum absolute atomic E-state index is 0.179. The number of nitrogens with zero attached hydrogens (tertiary/aromatic N) is 3. The van der Waals surface area contributed by atoms with Gasteiger partial charge in [-0.15, -0.1) is 0 Å². The maximum atomic E-state index is 12.7. The Morgan fingerprint density at radius 3 is 2.23 bits per heavy atom. The molecule has 1 amide bonds. The van der Waals surface area contributed by atoms with E-state index in [1.165, 1.54) is 4.90 Å². The Morgan fingerprint density at radius 1 is 1.07 bits per heavy atom. The SMILES string of the molecule is Cc1nn(Cc2ccccc2)c(Cl)c1C(=O)OC(C)C(=O)N(C)Cc1ccccc1. The van der Waals surface area contributed by atoms with Gasteiger partial charge in [0.1, 0.15) is 10.7 Å². The second-order valence-corrected chi connectivity index (χ2v) is 7.48. The highest BCUT2D eigenvalue weighted by molar-refractivity contribution is 6.32. The van der Waals surface area contributed by atoms with Crippen LogP contribution in [0.3, 0.4) is 0 Å². The summed E-state index contributed by atoms with van der Waals surface area (Å²) in [7, 11) is 1.68. The quantitative estimate of drug-likeness (QED) is 0.534. The number of halogens is 1. The Labute approximate surface area is 181 Å². The van der Waals surface area contributed by atoms with Crippen LogP contribution in [0.15, 0.2) is 60.7 Å². The number of ether oxygens (including phenoxy) is 1. The third-order valence-corrected chi connectivity index (χ3v) is 5.10. The molecule has 1 unspecified atom stereocenters. The molecule has 3 aromatic rings. The van der Waals surface area contributed by atoms with Gasteiger partial charge in [-0.1, -0.05) is 72.3 Å². The van der Waals surface area contributed by atoms with E-state index in [0.717, 1.165) is 11.1 Å². The summed E-state index contributed by atoms with van der Waals surface area (Å²) >= 11 is 6.41. The van der Waals surface area contributed by atoms with E-state index in [0.29, 0.717) is 18.8 Å². The summed E-state index contributed by atoms with van der Waals surface area (Å²) in [5.41, 5.74) is 2.64. The van der Waals surface area contributed by atoms with Gasteiger partial charge >= 0.3 is 5.97 Å². The first-order valence-corrected chi connectivity index (χ1v) is 10.0. The van der Waals surface area contributed by atoms with Gasteiger partial charge in [0, 0.05) is 13.6 Å². The normalized spacial score (nSPS) is 11.7. The van der Waals surface area contributed by atoms with Crippen LogP contribution in [-0.4, -0.2) is 39.7 Å². The van der Waals surface area contributed by atoms with Crippen molar-refractivity contribution in [2.45, 2.75) is 33.0 Å². The van der Waals surface area contributed by atoms with Crippen LogP contribution in [0.5, 0.6) is 0 Å². The maximum absolute atomic E-state index is 12.7. The van der Waals surface area contributed by atoms with Crippen molar-refractivity contribution in [3.8, 4) is 0 Å². The van der Waals surface area contributed by atoms with Crippen LogP contribution in [0.25, 0.3) is 0 Å². The highest BCUT2D eigenvalue weighted by atomic mass is 35.5. The molecule has 0 aliphatic heterocycles. The number of likely N-dealkylation sites (N-methyl/N-ethyl adjacent to an activating group) is 1. The van der Waals surface area contributed by atoms with E-state index in [-0.39, 0.29) is 16.6 Å². The van der Waals surface area contributed by atoms with Crippen molar-refractivity contribution in [1.82, 2.24) is 14.7 Å². The van der Waals surface area contributed by atoms with E-state index in [9.17, 15) is 9.59 Å². The molecule has 0 spiro atoms. The van der Waals surface area contributed by atoms with E-state index >= 15 is 0 Å². The first-order valence-electron chi connectivity index (χ1n) is 9.63. The topological polar surface area (TPSA) is 64.4 Å². The molecule has 0 radical (unpaired) electrons. The third kappa shape index (κ3) is 5.07. The van der Waals surface area contributed by atoms with Crippen molar-refractivity contribution in [3.63, 3.8) is 0 Å². The molecular formula is C23H24ClN3O3. The van der Waals surface area contributed by atoms with Crippen LogP contribution in [-0.2, 0) is 22.6 Å². The predicted molar refractivity (Wildman–Crippen MR) is 115 cm³/mol. The fraction of sp³-hybridized carbons (Fsp3) is 0.261. The van der Waals surface area contributed by atoms with E-state index in [4.69, 9.17) is 16.3 Å². The van der Waals surface area contributed by atoms with Gasteiger partial charge in [0.05, 0.1) is 12.2 Å². The summed E-state index contributed by atoms with van der Waals surface area (Å²) in [6.45, 7) is 4.11. The van der Waals surface area contributed by atoms with Crippen LogP contribution in [0.2, 0.25) is 5.15 Å². The average molecular weight is 426 g/mol. The molecule has 0 fully saturated rings. The summed E-state index contributed by atoms with van der Waals surface area (Å²) in [6.07, 6.45) is -0.945. The number of benzene rings is 2. The van der Waals surface area contributed by atoms with Gasteiger partial charge in [0.2, 0.25) is 0 Å². The van der Waals surface area contributed by atoms with Crippen LogP contribution < -0.4 is 0 Å². The second kappa shape index (κ2) is 9.59. The zero-order valence-electron chi connectivity index (χ0n) is 17.2. The summed E-state index contributed by atoms with van der Waals surface area (Å²) in [5, 5.41) is 4.55. The lowest BCUT2D eigenvalue weighted by atomic mass is 10.2. The van der Waals surface area contributed by atoms with E-state index in [1.807, 2.05) is 60.7 Å². The lowest BCUT2D eigenvalue weighted by molar-refractivity contribution is -0.139. The third-order valence-electron chi connectivity index (χ3n) is 4.72. The number of aryl methyl sites for hydroxylation is 1. The molecule has 2 aromatic carbocycles. The standard InChI is InChI=1S/C23H24ClN3O3/c1-16-20(21(24)27(25-16)15-19-12-8-5-9-13-19)23(29)30-17(2)22(28)26(3)14-18-10-6-4-7-11-18/h4-13,17H,14-15H2,1-3H3. The minimum Gasteiger partial charge on any atom is -0.449 e. The lowest BCUT2D eigenvalue weighted by Crippen LogP contribution is -2.37. The molecule has 0 saturated heterocycles. The predicted octanol–water partition coefficient (Wildman–Crippen LogP) is 4.10. The summed E-state index contributed by atoms with van der Waals surface area (Å²) in [4.78, 5) is 26.9. The zero-order valence-corrected chi connectivity index (χ0v) is 18.0. The zero-order chi connectivity index (χ0) is 21.7. The van der Waals surface area contributed by atoms with E-state index in [2.05, 4.69) is 5.10 Å². The molecule has 30 heavy (non-hydrogen) atoms. The fourth-order valence-electron chi connectivity index (χ4n) is 3.16. The molecule has 6 nitrogen and oxygen atoms in total. The molecule has 7 heteroatoms. The minimum atomic E-state index is -0.945. The maximum Gasteiger partial charge on any atom is 0.343 e. The van der Waals surface area contributed by atoms with Crippen molar-refractivity contribution in [1.29, 1.82) is 0 Å². The van der Waals surface area contributed by atoms with Gasteiger partial charge in [0.15, 0.2) is 6.10 Å². The Hall–Kier alpha value is -3.12. The van der Waals surface area contributed by atoms with Gasteiger partial charge in [0.25, 0.3) is 5.91 Å². The highest BCUT2D eigenvalue weighted by Gasteiger charge is 2.27. The summed E-state index contributed by atoms with van der Waals surface area (Å²) < 4.78 is 6.97. The Bertz CT molecular complexity index is 1020. The molecule has 3 rings (SSSR count). The van der Waals surface area contributed by atoms with Gasteiger partial charge in [-0.2, -0.15) is 5.10 Å². The summed E-state index contributed by atoms with van der Waals surface area (Å²) in [5.74, 6) is -0.955. The molecule has 0 saturated carbocycles. The molecular weight excluding hydrogens is 402 g/mol. The van der Waals surface area contributed by atoms with Crippen molar-refractivity contribution < 1.29 is 14.3 Å². The van der Waals surface area contributed by atoms with Gasteiger partial charge < -0.3 is 9.64 Å². The monoisotopic (exact) mass is 425 g/mol. The Balaban J connectivity index is 1.67. The lowest BCUT2D eigenvalue weighted by Gasteiger charge is -2.21. The Morgan fingerprint density at radius 2 is 1.63 bits per heavy atom. The van der Waals surface area contributed by atoms with E-state index in [1.54, 1.807) is 25.6 Å². The van der Waals surface area contributed by atoms with Crippen molar-refractivity contribution >= 4 is 23.5 Å². The van der Waals surface area contributed by atoms with Crippen molar-refractivity contribution in [2.24, 2.45) is 0 Å². The number of carbonyl (C=O) groups excluding carboxylic acids is 2. The van der Waals surface area contributed by atoms with Crippen LogP contribution in [0, 0.1) is 6.92 Å². The highest BCUT2D eigenvalue weighted by Crippen LogP contribution is 2.22. The fourth-order valence-corrected chi connectivity index (χ4v) is 3.47. The van der Waals surface area contributed by atoms with Crippen molar-refractivity contribution in [3.05, 3.63) is 88.2 Å². The molecule has 0 aliphatic carbocycles. The molecule has 156 valence electrons. The Kier molecular flexibility index (Phi) is 6.90. The largest absolute Gasteiger partial charge is 0.449 e. The molecule has 0 aliphatic rings. The average Bonchev–Trinajstić information content (AvgIpc) is 3.01. The van der Waals surface area contributed by atoms with E-state index < -0.39 is 12.1 Å². The number of rotatable bonds is 7. The van der Waals surface area contributed by atoms with Crippen LogP contribution in [0.4, 0.5) is 0 Å². The number of esters is 1.